The molecule has 1 amide bonds. The van der Waals surface area contributed by atoms with Crippen molar-refractivity contribution in [1.29, 1.82) is 0 Å². The van der Waals surface area contributed by atoms with E-state index in [2.05, 4.69) is 10.3 Å². The van der Waals surface area contributed by atoms with E-state index in [1.54, 1.807) is 13.0 Å². The van der Waals surface area contributed by atoms with E-state index < -0.39 is 5.97 Å². The maximum atomic E-state index is 13.6. The van der Waals surface area contributed by atoms with Gasteiger partial charge in [0.2, 0.25) is 5.91 Å². The summed E-state index contributed by atoms with van der Waals surface area (Å²) in [5.74, 6) is -1.58. The van der Waals surface area contributed by atoms with Gasteiger partial charge in [-0.1, -0.05) is 29.9 Å². The van der Waals surface area contributed by atoms with E-state index in [0.29, 0.717) is 5.69 Å². The number of hydrogen-bond donors (Lipinski definition) is 2. The van der Waals surface area contributed by atoms with E-state index in [9.17, 15) is 14.0 Å². The second-order valence-corrected chi connectivity index (χ2v) is 7.32. The largest absolute Gasteiger partial charge is 0.477 e. The number of aromatic nitrogens is 1. The Hall–Kier alpha value is -2.32. The van der Waals surface area contributed by atoms with E-state index in [4.69, 9.17) is 5.11 Å². The number of rotatable bonds is 5. The Bertz CT molecular complexity index is 824. The van der Waals surface area contributed by atoms with Crippen LogP contribution in [-0.2, 0) is 4.79 Å². The number of carbonyl (C=O) groups excluding carboxylic acids is 1. The van der Waals surface area contributed by atoms with E-state index in [1.807, 2.05) is 11.0 Å². The fourth-order valence-electron chi connectivity index (χ4n) is 3.26. The number of thiazole rings is 1. The lowest BCUT2D eigenvalue weighted by atomic mass is 9.95. The number of nitrogens with zero attached hydrogens (tertiary/aromatic N) is 2. The molecule has 138 valence electrons. The van der Waals surface area contributed by atoms with Crippen LogP contribution in [0.3, 0.4) is 0 Å². The Balaban J connectivity index is 1.68. The lowest BCUT2D eigenvalue weighted by Crippen LogP contribution is -2.39. The number of likely N-dealkylation sites (tertiary alicyclic amines) is 1. The minimum absolute atomic E-state index is 0.00203. The molecule has 1 saturated heterocycles. The minimum atomic E-state index is -1.05. The first-order valence-electron chi connectivity index (χ1n) is 8.44. The van der Waals surface area contributed by atoms with Gasteiger partial charge in [-0.15, -0.1) is 0 Å². The third-order valence-corrected chi connectivity index (χ3v) is 5.49. The number of amides is 1. The molecule has 1 aromatic carbocycles. The quantitative estimate of drug-likeness (QED) is 0.834. The number of halogens is 1. The van der Waals surface area contributed by atoms with Gasteiger partial charge in [-0.25, -0.2) is 14.2 Å². The van der Waals surface area contributed by atoms with Crippen LogP contribution >= 0.6 is 11.3 Å². The lowest BCUT2D eigenvalue weighted by molar-refractivity contribution is -0.118. The summed E-state index contributed by atoms with van der Waals surface area (Å²) in [6.45, 7) is 2.51. The van der Waals surface area contributed by atoms with Gasteiger partial charge in [-0.05, 0) is 44.0 Å². The number of carbonyl (C=O) groups is 2. The van der Waals surface area contributed by atoms with Crippen molar-refractivity contribution < 1.29 is 19.1 Å². The first-order chi connectivity index (χ1) is 12.4. The van der Waals surface area contributed by atoms with Crippen molar-refractivity contribution in [2.45, 2.75) is 32.2 Å². The van der Waals surface area contributed by atoms with E-state index in [-0.39, 0.29) is 34.3 Å². The molecule has 1 aliphatic rings. The number of benzene rings is 1. The number of carboxylic acid groups (broad SMARTS) is 1. The molecule has 2 heterocycles. The van der Waals surface area contributed by atoms with Crippen molar-refractivity contribution in [1.82, 2.24) is 9.88 Å². The summed E-state index contributed by atoms with van der Waals surface area (Å²) in [5.41, 5.74) is 1.25. The van der Waals surface area contributed by atoms with E-state index >= 15 is 0 Å². The van der Waals surface area contributed by atoms with Gasteiger partial charge in [-0.3, -0.25) is 9.69 Å². The van der Waals surface area contributed by atoms with Crippen molar-refractivity contribution in [3.05, 3.63) is 46.2 Å². The molecule has 1 fully saturated rings. The summed E-state index contributed by atoms with van der Waals surface area (Å²) in [6, 6.07) is 6.49. The van der Waals surface area contributed by atoms with Gasteiger partial charge in [0.05, 0.1) is 12.2 Å². The molecule has 6 nitrogen and oxygen atoms in total. The molecule has 0 unspecified atom stereocenters. The Morgan fingerprint density at radius 2 is 2.23 bits per heavy atom. The number of aryl methyl sites for hydroxylation is 1. The van der Waals surface area contributed by atoms with Crippen molar-refractivity contribution >= 4 is 28.3 Å². The summed E-state index contributed by atoms with van der Waals surface area (Å²) in [5, 5.41) is 12.0. The highest BCUT2D eigenvalue weighted by Crippen LogP contribution is 2.31. The maximum Gasteiger partial charge on any atom is 0.347 e. The second kappa shape index (κ2) is 7.92. The van der Waals surface area contributed by atoms with Crippen LogP contribution in [0, 0.1) is 12.7 Å². The molecule has 2 N–H and O–H groups in total. The van der Waals surface area contributed by atoms with E-state index in [1.165, 1.54) is 12.1 Å². The SMILES string of the molecule is Cc1nc(NC(=O)CN2CCCC[C@H]2c2cccc(F)c2)sc1C(=O)O. The van der Waals surface area contributed by atoms with Gasteiger partial charge in [0, 0.05) is 6.04 Å². The normalized spacial score (nSPS) is 17.8. The molecule has 8 heteroatoms. The molecule has 0 aliphatic carbocycles. The molecule has 26 heavy (non-hydrogen) atoms. The predicted octanol–water partition coefficient (Wildman–Crippen LogP) is 3.45. The topological polar surface area (TPSA) is 82.5 Å². The molecular weight excluding hydrogens is 357 g/mol. The Kier molecular flexibility index (Phi) is 5.63. The molecule has 1 atom stereocenters. The minimum Gasteiger partial charge on any atom is -0.477 e. The summed E-state index contributed by atoms with van der Waals surface area (Å²) in [6.07, 6.45) is 2.89. The summed E-state index contributed by atoms with van der Waals surface area (Å²) in [4.78, 5) is 29.7. The van der Waals surface area contributed by atoms with Gasteiger partial charge in [-0.2, -0.15) is 0 Å². The maximum absolute atomic E-state index is 13.6. The van der Waals surface area contributed by atoms with Gasteiger partial charge >= 0.3 is 5.97 Å². The number of nitrogens with one attached hydrogen (secondary N) is 1. The smallest absolute Gasteiger partial charge is 0.347 e. The van der Waals surface area contributed by atoms with Crippen LogP contribution in [0.4, 0.5) is 9.52 Å². The van der Waals surface area contributed by atoms with Gasteiger partial charge in [0.1, 0.15) is 10.7 Å². The molecule has 0 bridgehead atoms. The standard InChI is InChI=1S/C18H20FN3O3S/c1-11-16(17(24)25)26-18(20-11)21-15(23)10-22-8-3-2-7-14(22)12-5-4-6-13(19)9-12/h4-6,9,14H,2-3,7-8,10H2,1H3,(H,24,25)(H,20,21,23)/t14-/m0/s1. The average Bonchev–Trinajstić information content (AvgIpc) is 2.95. The summed E-state index contributed by atoms with van der Waals surface area (Å²) < 4.78 is 13.6. The molecule has 3 rings (SSSR count). The van der Waals surface area contributed by atoms with Gasteiger partial charge in [0.15, 0.2) is 5.13 Å². The molecule has 0 radical (unpaired) electrons. The van der Waals surface area contributed by atoms with Gasteiger partial charge in [0.25, 0.3) is 0 Å². The summed E-state index contributed by atoms with van der Waals surface area (Å²) in [7, 11) is 0. The number of carboxylic acids is 1. The average molecular weight is 377 g/mol. The highest BCUT2D eigenvalue weighted by molar-refractivity contribution is 7.17. The zero-order valence-electron chi connectivity index (χ0n) is 14.4. The number of piperidine rings is 1. The fraction of sp³-hybridized carbons (Fsp3) is 0.389. The zero-order chi connectivity index (χ0) is 18.7. The predicted molar refractivity (Wildman–Crippen MR) is 97.0 cm³/mol. The molecule has 2 aromatic rings. The highest BCUT2D eigenvalue weighted by Gasteiger charge is 2.26. The van der Waals surface area contributed by atoms with Crippen molar-refractivity contribution in [3.63, 3.8) is 0 Å². The van der Waals surface area contributed by atoms with Gasteiger partial charge < -0.3 is 10.4 Å². The molecule has 0 spiro atoms. The second-order valence-electron chi connectivity index (χ2n) is 6.32. The Labute approximate surface area is 154 Å². The van der Waals surface area contributed by atoms with E-state index in [0.717, 1.165) is 42.7 Å². The first kappa shape index (κ1) is 18.5. The van der Waals surface area contributed by atoms with Crippen molar-refractivity contribution in [3.8, 4) is 0 Å². The first-order valence-corrected chi connectivity index (χ1v) is 9.26. The van der Waals surface area contributed by atoms with Crippen LogP contribution in [0.5, 0.6) is 0 Å². The van der Waals surface area contributed by atoms with Crippen LogP contribution in [0.25, 0.3) is 0 Å². The molecule has 1 aliphatic heterocycles. The van der Waals surface area contributed by atoms with Crippen molar-refractivity contribution in [2.75, 3.05) is 18.4 Å². The number of anilines is 1. The fourth-order valence-corrected chi connectivity index (χ4v) is 4.08. The third-order valence-electron chi connectivity index (χ3n) is 4.43. The third kappa shape index (κ3) is 4.25. The van der Waals surface area contributed by atoms with Crippen LogP contribution in [-0.4, -0.2) is 40.0 Å². The monoisotopic (exact) mass is 377 g/mol. The highest BCUT2D eigenvalue weighted by atomic mass is 32.1. The Morgan fingerprint density at radius 3 is 2.92 bits per heavy atom. The zero-order valence-corrected chi connectivity index (χ0v) is 15.2. The molecule has 1 aromatic heterocycles. The molecular formula is C18H20FN3O3S. The summed E-state index contributed by atoms with van der Waals surface area (Å²) >= 11 is 0.946. The van der Waals surface area contributed by atoms with Crippen LogP contribution in [0.15, 0.2) is 24.3 Å². The lowest BCUT2D eigenvalue weighted by Gasteiger charge is -2.35. The molecule has 0 saturated carbocycles. The van der Waals surface area contributed by atoms with Crippen molar-refractivity contribution in [2.24, 2.45) is 0 Å². The number of hydrogen-bond acceptors (Lipinski definition) is 5. The van der Waals surface area contributed by atoms with Crippen LogP contribution < -0.4 is 5.32 Å². The van der Waals surface area contributed by atoms with Crippen LogP contribution in [0.1, 0.15) is 46.2 Å². The Morgan fingerprint density at radius 1 is 1.42 bits per heavy atom. The van der Waals surface area contributed by atoms with Crippen LogP contribution in [0.2, 0.25) is 0 Å². The number of aromatic carboxylic acids is 1.